The van der Waals surface area contributed by atoms with Crippen LogP contribution in [0.15, 0.2) is 47.0 Å². The lowest BCUT2D eigenvalue weighted by molar-refractivity contribution is 0.0947. The molecule has 2 heterocycles. The van der Waals surface area contributed by atoms with Crippen LogP contribution in [-0.2, 0) is 23.7 Å². The fourth-order valence-electron chi connectivity index (χ4n) is 5.61. The largest absolute Gasteiger partial charge is 0.507 e. The second-order valence-electron chi connectivity index (χ2n) is 13.7. The van der Waals surface area contributed by atoms with Gasteiger partial charge in [0.2, 0.25) is 0 Å². The zero-order valence-corrected chi connectivity index (χ0v) is 28.0. The van der Waals surface area contributed by atoms with Crippen LogP contribution in [0.2, 0.25) is 0 Å². The number of carbonyl (C=O) groups is 2. The number of aromatic nitrogens is 4. The minimum Gasteiger partial charge on any atom is -0.507 e. The number of phenols is 2. The lowest BCUT2D eigenvalue weighted by Gasteiger charge is -2.31. The second kappa shape index (κ2) is 12.8. The highest BCUT2D eigenvalue weighted by molar-refractivity contribution is 7.99. The Hall–Kier alpha value is -3.93. The molecule has 0 aliphatic carbocycles. The molecule has 0 saturated heterocycles. The molecule has 0 aliphatic heterocycles. The van der Waals surface area contributed by atoms with E-state index < -0.39 is 22.9 Å². The Morgan fingerprint density at radius 1 is 0.756 bits per heavy atom. The van der Waals surface area contributed by atoms with Crippen LogP contribution in [0.25, 0.3) is 0 Å². The summed E-state index contributed by atoms with van der Waals surface area (Å²) in [5.74, 6) is -0.983. The zero-order valence-electron chi connectivity index (χ0n) is 27.2. The molecule has 2 aromatic carbocycles. The van der Waals surface area contributed by atoms with E-state index in [1.54, 1.807) is 26.2 Å². The number of nitrogens with zero attached hydrogens (tertiary/aromatic N) is 2. The summed E-state index contributed by atoms with van der Waals surface area (Å²) >= 11 is 1.39. The van der Waals surface area contributed by atoms with Gasteiger partial charge in [-0.1, -0.05) is 53.3 Å². The first-order valence-electron chi connectivity index (χ1n) is 14.9. The average molecular weight is 633 g/mol. The molecule has 2 atom stereocenters. The highest BCUT2D eigenvalue weighted by Gasteiger charge is 2.35. The normalized spacial score (nSPS) is 13.6. The van der Waals surface area contributed by atoms with Gasteiger partial charge in [0.1, 0.15) is 11.5 Å². The first-order valence-corrected chi connectivity index (χ1v) is 15.7. The van der Waals surface area contributed by atoms with Crippen LogP contribution >= 0.6 is 11.8 Å². The van der Waals surface area contributed by atoms with Crippen molar-refractivity contribution in [3.05, 3.63) is 81.9 Å². The molecule has 0 saturated carbocycles. The summed E-state index contributed by atoms with van der Waals surface area (Å²) in [6.07, 6.45) is 6.85. The molecule has 0 bridgehead atoms. The van der Waals surface area contributed by atoms with Crippen molar-refractivity contribution in [1.82, 2.24) is 19.9 Å². The molecule has 0 unspecified atom stereocenters. The Morgan fingerprint density at radius 2 is 1.11 bits per heavy atom. The van der Waals surface area contributed by atoms with Crippen LogP contribution in [-0.4, -0.2) is 53.8 Å². The molecule has 4 rings (SSSR count). The molecule has 11 heteroatoms. The van der Waals surface area contributed by atoms with E-state index >= 15 is 0 Å². The number of aromatic amines is 2. The van der Waals surface area contributed by atoms with Gasteiger partial charge in [-0.3, -0.25) is 9.59 Å². The summed E-state index contributed by atoms with van der Waals surface area (Å²) in [7, 11) is 0. The van der Waals surface area contributed by atoms with Gasteiger partial charge >= 0.3 is 0 Å². The zero-order chi connectivity index (χ0) is 33.4. The third-order valence-corrected chi connectivity index (χ3v) is 8.85. The molecule has 0 aliphatic rings. The van der Waals surface area contributed by atoms with Gasteiger partial charge in [0.25, 0.3) is 0 Å². The summed E-state index contributed by atoms with van der Waals surface area (Å²) in [5, 5.41) is 22.6. The number of benzene rings is 2. The minimum absolute atomic E-state index is 0.107. The molecular formula is C34H44N6O4S. The van der Waals surface area contributed by atoms with Crippen molar-refractivity contribution >= 4 is 23.3 Å². The van der Waals surface area contributed by atoms with Crippen LogP contribution in [0.3, 0.4) is 0 Å². The number of aryl methyl sites for hydroxylation is 2. The van der Waals surface area contributed by atoms with E-state index in [0.717, 1.165) is 9.79 Å². The highest BCUT2D eigenvalue weighted by Crippen LogP contribution is 2.48. The molecule has 0 amide bonds. The number of carbonyl (C=O) groups excluding carboxylic acids is 2. The Kier molecular flexibility index (Phi) is 9.67. The SMILES string of the molecule is Cc1cc(Sc2cc(C)c(O)c(C(=O)[C@@H](N)Cc3c[nH]cn3)c2C(C)(C)C)c(C(C)(C)C)c(C(=O)[C@@H](N)Cc2c[nH]cn2)c1O. The predicted octanol–water partition coefficient (Wildman–Crippen LogP) is 5.41. The number of nitrogens with one attached hydrogen (secondary N) is 2. The lowest BCUT2D eigenvalue weighted by Crippen LogP contribution is -2.35. The number of rotatable bonds is 10. The van der Waals surface area contributed by atoms with Gasteiger partial charge in [0, 0.05) is 35.0 Å². The van der Waals surface area contributed by atoms with E-state index in [9.17, 15) is 19.8 Å². The minimum atomic E-state index is -0.929. The third kappa shape index (κ3) is 7.16. The van der Waals surface area contributed by atoms with Crippen LogP contribution in [0.1, 0.15) is 95.9 Å². The quantitative estimate of drug-likeness (QED) is 0.124. The fraction of sp³-hybridized carbons (Fsp3) is 0.412. The van der Waals surface area contributed by atoms with Gasteiger partial charge in [0.05, 0.1) is 47.3 Å². The predicted molar refractivity (Wildman–Crippen MR) is 176 cm³/mol. The third-order valence-electron chi connectivity index (χ3n) is 7.76. The topological polar surface area (TPSA) is 184 Å². The maximum atomic E-state index is 14.0. The number of Topliss-reactive ketones (excluding diaryl/α,β-unsaturated/α-hetero) is 2. The van der Waals surface area contributed by atoms with Crippen LogP contribution in [0.5, 0.6) is 11.5 Å². The van der Waals surface area contributed by atoms with Gasteiger partial charge in [-0.2, -0.15) is 0 Å². The van der Waals surface area contributed by atoms with Gasteiger partial charge < -0.3 is 31.6 Å². The van der Waals surface area contributed by atoms with Crippen molar-refractivity contribution in [2.24, 2.45) is 11.5 Å². The fourth-order valence-corrected chi connectivity index (χ4v) is 7.34. The number of aromatic hydroxyl groups is 2. The molecule has 0 radical (unpaired) electrons. The van der Waals surface area contributed by atoms with E-state index in [1.807, 2.05) is 53.7 Å². The number of hydrogen-bond donors (Lipinski definition) is 6. The molecule has 45 heavy (non-hydrogen) atoms. The summed E-state index contributed by atoms with van der Waals surface area (Å²) in [6.45, 7) is 15.4. The number of imidazole rings is 2. The number of H-pyrrole nitrogens is 2. The number of ketones is 2. The van der Waals surface area contributed by atoms with Crippen molar-refractivity contribution in [3.8, 4) is 11.5 Å². The molecule has 0 fully saturated rings. The van der Waals surface area contributed by atoms with E-state index in [0.29, 0.717) is 33.6 Å². The van der Waals surface area contributed by atoms with Gasteiger partial charge in [-0.25, -0.2) is 9.97 Å². The molecule has 8 N–H and O–H groups in total. The summed E-state index contributed by atoms with van der Waals surface area (Å²) in [4.78, 5) is 43.6. The Labute approximate surface area is 268 Å². The Morgan fingerprint density at radius 3 is 1.40 bits per heavy atom. The number of hydrogen-bond acceptors (Lipinski definition) is 9. The highest BCUT2D eigenvalue weighted by atomic mass is 32.2. The molecule has 2 aromatic heterocycles. The van der Waals surface area contributed by atoms with Gasteiger partial charge in [0.15, 0.2) is 11.6 Å². The summed E-state index contributed by atoms with van der Waals surface area (Å²) < 4.78 is 0. The molecular weight excluding hydrogens is 588 g/mol. The maximum Gasteiger partial charge on any atom is 0.183 e. The first-order chi connectivity index (χ1) is 20.9. The van der Waals surface area contributed by atoms with Crippen molar-refractivity contribution < 1.29 is 19.8 Å². The van der Waals surface area contributed by atoms with E-state index in [1.165, 1.54) is 24.4 Å². The van der Waals surface area contributed by atoms with E-state index in [4.69, 9.17) is 11.5 Å². The van der Waals surface area contributed by atoms with Crippen LogP contribution in [0, 0.1) is 13.8 Å². The van der Waals surface area contributed by atoms with Crippen LogP contribution in [0.4, 0.5) is 0 Å². The Bertz CT molecular complexity index is 1570. The maximum absolute atomic E-state index is 14.0. The molecule has 10 nitrogen and oxygen atoms in total. The molecule has 4 aromatic rings. The van der Waals surface area contributed by atoms with Crippen molar-refractivity contribution in [2.75, 3.05) is 0 Å². The summed E-state index contributed by atoms with van der Waals surface area (Å²) in [6, 6.07) is 1.86. The molecule has 240 valence electrons. The van der Waals surface area contributed by atoms with Gasteiger partial charge in [-0.05, 0) is 59.1 Å². The second-order valence-corrected chi connectivity index (χ2v) is 14.7. The number of nitrogens with two attached hydrogens (primary N) is 2. The number of phenolic OH excluding ortho intramolecular Hbond substituents is 2. The standard InChI is InChI=1S/C34H44N6O4S/c1-17-9-23(27(33(3,4)5)25(29(17)41)31(43)21(35)11-19-13-37-15-39-19)45-24-10-18(2)30(42)26(28(24)34(6,7)8)32(44)22(36)12-20-14-38-16-40-20/h9-10,13-16,21-22,41-42H,11-12,35-36H2,1-8H3,(H,37,39)(H,38,40)/t21-,22-/m0/s1. The van der Waals surface area contributed by atoms with E-state index in [2.05, 4.69) is 19.9 Å². The van der Waals surface area contributed by atoms with Crippen molar-refractivity contribution in [3.63, 3.8) is 0 Å². The van der Waals surface area contributed by atoms with E-state index in [-0.39, 0.29) is 47.0 Å². The lowest BCUT2D eigenvalue weighted by atomic mass is 9.80. The monoisotopic (exact) mass is 632 g/mol. The van der Waals surface area contributed by atoms with Crippen molar-refractivity contribution in [2.45, 2.75) is 101 Å². The smallest absolute Gasteiger partial charge is 0.183 e. The van der Waals surface area contributed by atoms with Crippen molar-refractivity contribution in [1.29, 1.82) is 0 Å². The average Bonchev–Trinajstić information content (AvgIpc) is 3.64. The van der Waals surface area contributed by atoms with Gasteiger partial charge in [-0.15, -0.1) is 0 Å². The first kappa shape index (κ1) is 34.0. The summed E-state index contributed by atoms with van der Waals surface area (Å²) in [5.41, 5.74) is 15.7. The Balaban J connectivity index is 1.90. The molecule has 0 spiro atoms. The van der Waals surface area contributed by atoms with Crippen LogP contribution < -0.4 is 11.5 Å².